The van der Waals surface area contributed by atoms with Crippen molar-refractivity contribution in [3.63, 3.8) is 0 Å². The average Bonchev–Trinajstić information content (AvgIpc) is 2.84. The molecule has 1 heterocycles. The van der Waals surface area contributed by atoms with Gasteiger partial charge in [-0.05, 0) is 54.0 Å². The van der Waals surface area contributed by atoms with Crippen LogP contribution < -0.4 is 5.32 Å². The van der Waals surface area contributed by atoms with E-state index in [0.29, 0.717) is 17.1 Å². The Hall–Kier alpha value is -0.910. The standard InChI is InChI=1S/C15H18BrClFN3/c1-3-7-19-14(11-8-10(17)5-6-13(11)18)15-12(16)9-20-21(15)4-2/h5-6,8-9,14,19H,3-4,7H2,1-2H3. The van der Waals surface area contributed by atoms with Crippen molar-refractivity contribution >= 4 is 27.5 Å². The minimum atomic E-state index is -0.291. The second-order valence-electron chi connectivity index (χ2n) is 4.75. The number of halogens is 3. The largest absolute Gasteiger partial charge is 0.305 e. The van der Waals surface area contributed by atoms with Crippen molar-refractivity contribution in [1.82, 2.24) is 15.1 Å². The van der Waals surface area contributed by atoms with Crippen LogP contribution in [0.4, 0.5) is 4.39 Å². The van der Waals surface area contributed by atoms with Gasteiger partial charge < -0.3 is 5.32 Å². The minimum Gasteiger partial charge on any atom is -0.305 e. The van der Waals surface area contributed by atoms with E-state index in [-0.39, 0.29) is 11.9 Å². The molecule has 0 spiro atoms. The Bertz CT molecular complexity index is 615. The summed E-state index contributed by atoms with van der Waals surface area (Å²) in [6.45, 7) is 5.57. The van der Waals surface area contributed by atoms with Gasteiger partial charge in [-0.1, -0.05) is 18.5 Å². The predicted molar refractivity (Wildman–Crippen MR) is 87.1 cm³/mol. The fourth-order valence-electron chi connectivity index (χ4n) is 2.29. The van der Waals surface area contributed by atoms with Crippen molar-refractivity contribution in [2.45, 2.75) is 32.9 Å². The van der Waals surface area contributed by atoms with Crippen molar-refractivity contribution in [3.8, 4) is 0 Å². The summed E-state index contributed by atoms with van der Waals surface area (Å²) in [5.41, 5.74) is 1.44. The van der Waals surface area contributed by atoms with Gasteiger partial charge in [-0.3, -0.25) is 4.68 Å². The normalized spacial score (nSPS) is 12.6. The van der Waals surface area contributed by atoms with Crippen LogP contribution in [0.3, 0.4) is 0 Å². The smallest absolute Gasteiger partial charge is 0.128 e. The number of aryl methyl sites for hydroxylation is 1. The van der Waals surface area contributed by atoms with Gasteiger partial charge in [0.25, 0.3) is 0 Å². The van der Waals surface area contributed by atoms with Crippen LogP contribution in [-0.2, 0) is 6.54 Å². The predicted octanol–water partition coefficient (Wildman–Crippen LogP) is 4.55. The third-order valence-corrected chi connectivity index (χ3v) is 4.12. The van der Waals surface area contributed by atoms with E-state index >= 15 is 0 Å². The van der Waals surface area contributed by atoms with E-state index in [2.05, 4.69) is 33.3 Å². The lowest BCUT2D eigenvalue weighted by Crippen LogP contribution is -2.27. The van der Waals surface area contributed by atoms with E-state index in [9.17, 15) is 4.39 Å². The van der Waals surface area contributed by atoms with Crippen LogP contribution in [0.5, 0.6) is 0 Å². The molecule has 0 aliphatic heterocycles. The van der Waals surface area contributed by atoms with Gasteiger partial charge in [0.05, 0.1) is 22.4 Å². The van der Waals surface area contributed by atoms with E-state index in [1.807, 2.05) is 11.6 Å². The molecule has 1 atom stereocenters. The summed E-state index contributed by atoms with van der Waals surface area (Å²) in [6, 6.07) is 4.34. The maximum atomic E-state index is 14.3. The summed E-state index contributed by atoms with van der Waals surface area (Å²) in [4.78, 5) is 0. The summed E-state index contributed by atoms with van der Waals surface area (Å²) >= 11 is 9.55. The Morgan fingerprint density at radius 2 is 2.19 bits per heavy atom. The topological polar surface area (TPSA) is 29.9 Å². The zero-order valence-corrected chi connectivity index (χ0v) is 14.4. The lowest BCUT2D eigenvalue weighted by Gasteiger charge is -2.21. The second-order valence-corrected chi connectivity index (χ2v) is 6.04. The van der Waals surface area contributed by atoms with Gasteiger partial charge in [0, 0.05) is 17.1 Å². The first kappa shape index (κ1) is 16.5. The highest BCUT2D eigenvalue weighted by molar-refractivity contribution is 9.10. The molecule has 21 heavy (non-hydrogen) atoms. The fraction of sp³-hybridized carbons (Fsp3) is 0.400. The maximum absolute atomic E-state index is 14.3. The van der Waals surface area contributed by atoms with E-state index in [1.54, 1.807) is 18.3 Å². The number of aromatic nitrogens is 2. The summed E-state index contributed by atoms with van der Waals surface area (Å²) in [5, 5.41) is 8.22. The third-order valence-electron chi connectivity index (χ3n) is 3.27. The average molecular weight is 375 g/mol. The highest BCUT2D eigenvalue weighted by Crippen LogP contribution is 2.31. The van der Waals surface area contributed by atoms with Crippen molar-refractivity contribution < 1.29 is 4.39 Å². The molecule has 2 rings (SSSR count). The van der Waals surface area contributed by atoms with Crippen molar-refractivity contribution in [2.75, 3.05) is 6.54 Å². The number of rotatable bonds is 6. The summed E-state index contributed by atoms with van der Waals surface area (Å²) < 4.78 is 17.0. The quantitative estimate of drug-likeness (QED) is 0.804. The molecule has 0 saturated heterocycles. The molecule has 0 saturated carbocycles. The Kier molecular flexibility index (Phi) is 5.79. The van der Waals surface area contributed by atoms with Crippen LogP contribution in [0.1, 0.15) is 37.6 Å². The molecule has 3 nitrogen and oxygen atoms in total. The van der Waals surface area contributed by atoms with E-state index < -0.39 is 0 Å². The first-order valence-corrected chi connectivity index (χ1v) is 8.15. The first-order chi connectivity index (χ1) is 10.1. The molecule has 1 N–H and O–H groups in total. The first-order valence-electron chi connectivity index (χ1n) is 6.98. The Morgan fingerprint density at radius 1 is 1.43 bits per heavy atom. The van der Waals surface area contributed by atoms with Crippen LogP contribution in [0.15, 0.2) is 28.9 Å². The number of nitrogens with one attached hydrogen (secondary N) is 1. The van der Waals surface area contributed by atoms with E-state index in [4.69, 9.17) is 11.6 Å². The van der Waals surface area contributed by atoms with Crippen LogP contribution >= 0.6 is 27.5 Å². The molecule has 0 amide bonds. The molecular weight excluding hydrogens is 357 g/mol. The Labute approximate surface area is 137 Å². The Morgan fingerprint density at radius 3 is 2.86 bits per heavy atom. The molecule has 1 aromatic heterocycles. The minimum absolute atomic E-state index is 0.274. The lowest BCUT2D eigenvalue weighted by atomic mass is 10.0. The molecule has 114 valence electrons. The molecule has 0 bridgehead atoms. The van der Waals surface area contributed by atoms with Crippen LogP contribution in [0.2, 0.25) is 5.02 Å². The molecule has 6 heteroatoms. The van der Waals surface area contributed by atoms with Gasteiger partial charge in [0.1, 0.15) is 5.82 Å². The maximum Gasteiger partial charge on any atom is 0.128 e. The monoisotopic (exact) mass is 373 g/mol. The van der Waals surface area contributed by atoms with Crippen LogP contribution in [0.25, 0.3) is 0 Å². The highest BCUT2D eigenvalue weighted by Gasteiger charge is 2.24. The van der Waals surface area contributed by atoms with Gasteiger partial charge in [0.2, 0.25) is 0 Å². The molecule has 1 unspecified atom stereocenters. The van der Waals surface area contributed by atoms with Crippen molar-refractivity contribution in [2.24, 2.45) is 0 Å². The molecule has 0 radical (unpaired) electrons. The zero-order chi connectivity index (χ0) is 15.4. The summed E-state index contributed by atoms with van der Waals surface area (Å²) in [7, 11) is 0. The summed E-state index contributed by atoms with van der Waals surface area (Å²) in [6.07, 6.45) is 2.69. The van der Waals surface area contributed by atoms with Gasteiger partial charge in [0.15, 0.2) is 0 Å². The van der Waals surface area contributed by atoms with Crippen molar-refractivity contribution in [1.29, 1.82) is 0 Å². The molecule has 0 aliphatic rings. The molecule has 0 aliphatic carbocycles. The second kappa shape index (κ2) is 7.38. The van der Waals surface area contributed by atoms with Gasteiger partial charge in [-0.2, -0.15) is 5.10 Å². The zero-order valence-electron chi connectivity index (χ0n) is 12.0. The van der Waals surface area contributed by atoms with Gasteiger partial charge in [-0.25, -0.2) is 4.39 Å². The van der Waals surface area contributed by atoms with Crippen LogP contribution in [-0.4, -0.2) is 16.3 Å². The third kappa shape index (κ3) is 3.65. The number of hydrogen-bond donors (Lipinski definition) is 1. The fourth-order valence-corrected chi connectivity index (χ4v) is 3.00. The van der Waals surface area contributed by atoms with Crippen LogP contribution in [0, 0.1) is 5.82 Å². The molecule has 1 aromatic carbocycles. The highest BCUT2D eigenvalue weighted by atomic mass is 79.9. The lowest BCUT2D eigenvalue weighted by molar-refractivity contribution is 0.504. The number of hydrogen-bond acceptors (Lipinski definition) is 2. The number of benzene rings is 1. The SMILES string of the molecule is CCCNC(c1cc(Cl)ccc1F)c1c(Br)cnn1CC. The number of nitrogens with zero attached hydrogens (tertiary/aromatic N) is 2. The van der Waals surface area contributed by atoms with E-state index in [0.717, 1.165) is 23.1 Å². The molecular formula is C15H18BrClFN3. The molecule has 2 aromatic rings. The van der Waals surface area contributed by atoms with Gasteiger partial charge >= 0.3 is 0 Å². The van der Waals surface area contributed by atoms with Gasteiger partial charge in [-0.15, -0.1) is 0 Å². The molecule has 0 fully saturated rings. The Balaban J connectivity index is 2.52. The summed E-state index contributed by atoms with van der Waals surface area (Å²) in [5.74, 6) is -0.274. The van der Waals surface area contributed by atoms with Crippen molar-refractivity contribution in [3.05, 3.63) is 51.0 Å². The van der Waals surface area contributed by atoms with E-state index in [1.165, 1.54) is 6.07 Å².